The number of methoxy groups -OCH3 is 1. The molecular weight excluding hydrogens is 189 g/mol. The number of ether oxygens (including phenoxy) is 1. The highest BCUT2D eigenvalue weighted by atomic mass is 19.1. The number of fused-ring (bicyclic) bond motifs is 1. The Hall–Kier alpha value is -1.98. The molecule has 2 heterocycles. The van der Waals surface area contributed by atoms with Gasteiger partial charge in [0.05, 0.1) is 7.11 Å². The summed E-state index contributed by atoms with van der Waals surface area (Å²) in [6.07, 6.45) is 2.89. The van der Waals surface area contributed by atoms with Gasteiger partial charge in [0.15, 0.2) is 0 Å². The minimum absolute atomic E-state index is 0.130. The zero-order chi connectivity index (χ0) is 10.1. The van der Waals surface area contributed by atoms with E-state index in [1.807, 2.05) is 0 Å². The van der Waals surface area contributed by atoms with Crippen LogP contribution in [0, 0.1) is 5.95 Å². The smallest absolute Gasteiger partial charge is 0.361 e. The Morgan fingerprint density at radius 2 is 2.43 bits per heavy atom. The van der Waals surface area contributed by atoms with Gasteiger partial charge in [-0.1, -0.05) is 0 Å². The molecule has 0 amide bonds. The molecule has 5 nitrogen and oxygen atoms in total. The molecule has 2 aromatic heterocycles. The molecule has 0 saturated heterocycles. The molecule has 0 atom stereocenters. The summed E-state index contributed by atoms with van der Waals surface area (Å²) in [6.45, 7) is 0. The molecule has 2 aromatic rings. The summed E-state index contributed by atoms with van der Waals surface area (Å²) >= 11 is 0. The monoisotopic (exact) mass is 195 g/mol. The number of carbonyl (C=O) groups excluding carboxylic acids is 1. The van der Waals surface area contributed by atoms with Gasteiger partial charge in [-0.15, -0.1) is 0 Å². The fourth-order valence-electron chi connectivity index (χ4n) is 1.09. The molecule has 0 fully saturated rings. The first-order chi connectivity index (χ1) is 6.74. The molecule has 0 radical (unpaired) electrons. The predicted octanol–water partition coefficient (Wildman–Crippen LogP) is 0.655. The van der Waals surface area contributed by atoms with Crippen LogP contribution in [0.4, 0.5) is 4.39 Å². The van der Waals surface area contributed by atoms with Crippen molar-refractivity contribution in [2.24, 2.45) is 0 Å². The van der Waals surface area contributed by atoms with E-state index >= 15 is 0 Å². The predicted molar refractivity (Wildman–Crippen MR) is 44.3 cm³/mol. The van der Waals surface area contributed by atoms with Crippen LogP contribution in [-0.4, -0.2) is 27.4 Å². The first-order valence-corrected chi connectivity index (χ1v) is 3.81. The number of carbonyl (C=O) groups is 1. The molecule has 72 valence electrons. The first-order valence-electron chi connectivity index (χ1n) is 3.81. The van der Waals surface area contributed by atoms with E-state index in [4.69, 9.17) is 0 Å². The molecule has 0 saturated carbocycles. The topological polar surface area (TPSA) is 56.5 Å². The molecule has 0 aliphatic rings. The summed E-state index contributed by atoms with van der Waals surface area (Å²) < 4.78 is 18.9. The van der Waals surface area contributed by atoms with Crippen LogP contribution in [0.15, 0.2) is 18.5 Å². The summed E-state index contributed by atoms with van der Waals surface area (Å²) in [4.78, 5) is 18.5. The number of nitrogens with zero attached hydrogens (tertiary/aromatic N) is 3. The first kappa shape index (κ1) is 8.61. The Kier molecular flexibility index (Phi) is 1.88. The van der Waals surface area contributed by atoms with Crippen LogP contribution in [-0.2, 0) is 4.74 Å². The van der Waals surface area contributed by atoms with Crippen LogP contribution in [0.2, 0.25) is 0 Å². The van der Waals surface area contributed by atoms with E-state index in [0.717, 1.165) is 4.40 Å². The molecule has 0 aromatic carbocycles. The second-order valence-corrected chi connectivity index (χ2v) is 2.53. The Labute approximate surface area is 78.2 Å². The summed E-state index contributed by atoms with van der Waals surface area (Å²) in [6, 6.07) is 1.54. The van der Waals surface area contributed by atoms with Crippen LogP contribution in [0.1, 0.15) is 10.5 Å². The molecule has 0 aliphatic heterocycles. The van der Waals surface area contributed by atoms with Crippen molar-refractivity contribution >= 4 is 11.7 Å². The molecule has 14 heavy (non-hydrogen) atoms. The van der Waals surface area contributed by atoms with Crippen molar-refractivity contribution in [1.82, 2.24) is 14.4 Å². The molecule has 0 unspecified atom stereocenters. The summed E-state index contributed by atoms with van der Waals surface area (Å²) in [5, 5.41) is 0. The molecular formula is C8H6FN3O2. The van der Waals surface area contributed by atoms with Crippen LogP contribution in [0.5, 0.6) is 0 Å². The van der Waals surface area contributed by atoms with Crippen molar-refractivity contribution < 1.29 is 13.9 Å². The van der Waals surface area contributed by atoms with Crippen molar-refractivity contribution in [3.63, 3.8) is 0 Å². The maximum Gasteiger partial charge on any atom is 0.361 e. The van der Waals surface area contributed by atoms with Gasteiger partial charge in [-0.2, -0.15) is 4.39 Å². The van der Waals surface area contributed by atoms with Crippen molar-refractivity contribution in [2.45, 2.75) is 0 Å². The molecule has 0 N–H and O–H groups in total. The Bertz CT molecular complexity index is 494. The van der Waals surface area contributed by atoms with E-state index in [1.165, 1.54) is 19.5 Å². The van der Waals surface area contributed by atoms with Crippen LogP contribution < -0.4 is 0 Å². The van der Waals surface area contributed by atoms with Gasteiger partial charge in [0.1, 0.15) is 0 Å². The average Bonchev–Trinajstić information content (AvgIpc) is 2.56. The van der Waals surface area contributed by atoms with E-state index in [2.05, 4.69) is 14.7 Å². The molecule has 0 bridgehead atoms. The van der Waals surface area contributed by atoms with E-state index < -0.39 is 11.9 Å². The van der Waals surface area contributed by atoms with Gasteiger partial charge in [-0.25, -0.2) is 14.8 Å². The number of hydrogen-bond donors (Lipinski definition) is 0. The maximum absolute atomic E-state index is 13.4. The lowest BCUT2D eigenvalue weighted by Gasteiger charge is -1.92. The number of halogens is 1. The lowest BCUT2D eigenvalue weighted by molar-refractivity contribution is 0.0589. The fourth-order valence-corrected chi connectivity index (χ4v) is 1.09. The SMILES string of the molecule is COC(=O)c1nc2ncccn2c1F. The highest BCUT2D eigenvalue weighted by molar-refractivity contribution is 5.87. The third-order valence-electron chi connectivity index (χ3n) is 1.72. The lowest BCUT2D eigenvalue weighted by atomic mass is 10.5. The highest BCUT2D eigenvalue weighted by Gasteiger charge is 2.19. The van der Waals surface area contributed by atoms with E-state index in [-0.39, 0.29) is 11.5 Å². The standard InChI is InChI=1S/C8H6FN3O2/c1-14-7(13)5-6(9)12-4-2-3-10-8(12)11-5/h2-4H,1H3. The molecule has 6 heteroatoms. The van der Waals surface area contributed by atoms with Gasteiger partial charge in [0.25, 0.3) is 0 Å². The van der Waals surface area contributed by atoms with Gasteiger partial charge >= 0.3 is 5.97 Å². The van der Waals surface area contributed by atoms with Crippen molar-refractivity contribution in [3.8, 4) is 0 Å². The van der Waals surface area contributed by atoms with Crippen LogP contribution in [0.3, 0.4) is 0 Å². The van der Waals surface area contributed by atoms with E-state index in [0.29, 0.717) is 0 Å². The number of hydrogen-bond acceptors (Lipinski definition) is 4. The number of rotatable bonds is 1. The van der Waals surface area contributed by atoms with Crippen molar-refractivity contribution in [1.29, 1.82) is 0 Å². The number of imidazole rings is 1. The van der Waals surface area contributed by atoms with Crippen LogP contribution in [0.25, 0.3) is 5.78 Å². The normalized spacial score (nSPS) is 10.4. The minimum atomic E-state index is -0.812. The van der Waals surface area contributed by atoms with Crippen LogP contribution >= 0.6 is 0 Å². The third kappa shape index (κ3) is 1.12. The van der Waals surface area contributed by atoms with Crippen molar-refractivity contribution in [2.75, 3.05) is 7.11 Å². The van der Waals surface area contributed by atoms with E-state index in [9.17, 15) is 9.18 Å². The average molecular weight is 195 g/mol. The Balaban J connectivity index is 2.68. The molecule has 2 rings (SSSR count). The lowest BCUT2D eigenvalue weighted by Crippen LogP contribution is -2.04. The number of esters is 1. The molecule has 0 aliphatic carbocycles. The summed E-state index contributed by atoms with van der Waals surface area (Å²) in [5.74, 6) is -1.45. The fraction of sp³-hybridized carbons (Fsp3) is 0.125. The van der Waals surface area contributed by atoms with Gasteiger partial charge in [-0.3, -0.25) is 4.40 Å². The van der Waals surface area contributed by atoms with E-state index in [1.54, 1.807) is 6.07 Å². The number of aromatic nitrogens is 3. The van der Waals surface area contributed by atoms with Crippen molar-refractivity contribution in [3.05, 3.63) is 30.1 Å². The van der Waals surface area contributed by atoms with Gasteiger partial charge in [-0.05, 0) is 6.07 Å². The summed E-state index contributed by atoms with van der Waals surface area (Å²) in [7, 11) is 1.17. The van der Waals surface area contributed by atoms with Gasteiger partial charge < -0.3 is 4.74 Å². The zero-order valence-electron chi connectivity index (χ0n) is 7.27. The van der Waals surface area contributed by atoms with Gasteiger partial charge in [0, 0.05) is 12.4 Å². The zero-order valence-corrected chi connectivity index (χ0v) is 7.27. The quantitative estimate of drug-likeness (QED) is 0.627. The highest BCUT2D eigenvalue weighted by Crippen LogP contribution is 2.09. The minimum Gasteiger partial charge on any atom is -0.464 e. The molecule has 0 spiro atoms. The Morgan fingerprint density at radius 1 is 1.64 bits per heavy atom. The third-order valence-corrected chi connectivity index (χ3v) is 1.72. The second-order valence-electron chi connectivity index (χ2n) is 2.53. The summed E-state index contributed by atoms with van der Waals surface area (Å²) in [5.41, 5.74) is -0.355. The maximum atomic E-state index is 13.4. The second kappa shape index (κ2) is 3.06. The largest absolute Gasteiger partial charge is 0.464 e. The van der Waals surface area contributed by atoms with Gasteiger partial charge in [0.2, 0.25) is 17.4 Å². The Morgan fingerprint density at radius 3 is 3.07 bits per heavy atom.